The van der Waals surface area contributed by atoms with Crippen LogP contribution in [0.1, 0.15) is 34.5 Å². The van der Waals surface area contributed by atoms with Gasteiger partial charge in [0.1, 0.15) is 10.6 Å². The standard InChI is InChI=1S/C16H18FN7OS/c1-9-11(8-23-4-2-3-5-23)16(26-22-9)20-15(25)12-13(18)21-24-7-10(17)6-19-14(12)24/h6-7H,2-5,8H2,1H3,(H2,18,21)(H,20,25). The molecule has 0 bridgehead atoms. The molecule has 1 fully saturated rings. The van der Waals surface area contributed by atoms with E-state index in [0.29, 0.717) is 5.00 Å². The zero-order valence-corrected chi connectivity index (χ0v) is 15.0. The van der Waals surface area contributed by atoms with Crippen molar-refractivity contribution in [3.05, 3.63) is 35.0 Å². The minimum atomic E-state index is -0.557. The molecular formula is C16H18FN7OS. The van der Waals surface area contributed by atoms with Crippen LogP contribution in [0.2, 0.25) is 0 Å². The smallest absolute Gasteiger partial charge is 0.264 e. The van der Waals surface area contributed by atoms with Crippen LogP contribution in [-0.4, -0.2) is 42.9 Å². The van der Waals surface area contributed by atoms with E-state index >= 15 is 0 Å². The first-order valence-corrected chi connectivity index (χ1v) is 9.08. The first-order chi connectivity index (χ1) is 12.5. The summed E-state index contributed by atoms with van der Waals surface area (Å²) < 4.78 is 18.8. The molecule has 26 heavy (non-hydrogen) atoms. The summed E-state index contributed by atoms with van der Waals surface area (Å²) in [5.41, 5.74) is 8.12. The van der Waals surface area contributed by atoms with Crippen molar-refractivity contribution in [2.75, 3.05) is 24.1 Å². The number of rotatable bonds is 4. The fourth-order valence-electron chi connectivity index (χ4n) is 3.15. The van der Waals surface area contributed by atoms with E-state index in [1.807, 2.05) is 6.92 Å². The Morgan fingerprint density at radius 2 is 2.19 bits per heavy atom. The molecule has 1 amide bonds. The van der Waals surface area contributed by atoms with Crippen LogP contribution in [0.25, 0.3) is 5.65 Å². The number of halogens is 1. The largest absolute Gasteiger partial charge is 0.381 e. The summed E-state index contributed by atoms with van der Waals surface area (Å²) in [6, 6.07) is 0. The summed E-state index contributed by atoms with van der Waals surface area (Å²) in [5.74, 6) is -0.983. The number of likely N-dealkylation sites (tertiary alicyclic amines) is 1. The molecule has 0 radical (unpaired) electrons. The van der Waals surface area contributed by atoms with Gasteiger partial charge in [0.15, 0.2) is 17.3 Å². The van der Waals surface area contributed by atoms with E-state index in [4.69, 9.17) is 5.73 Å². The van der Waals surface area contributed by atoms with Gasteiger partial charge in [0.2, 0.25) is 0 Å². The SMILES string of the molecule is Cc1nsc(NC(=O)c2c(N)nn3cc(F)cnc23)c1CN1CCCC1. The zero-order chi connectivity index (χ0) is 18.3. The average molecular weight is 375 g/mol. The van der Waals surface area contributed by atoms with Gasteiger partial charge in [-0.3, -0.25) is 9.69 Å². The highest BCUT2D eigenvalue weighted by Gasteiger charge is 2.23. The van der Waals surface area contributed by atoms with E-state index in [1.165, 1.54) is 28.9 Å². The Hall–Kier alpha value is -2.59. The van der Waals surface area contributed by atoms with Crippen molar-refractivity contribution in [1.82, 2.24) is 23.9 Å². The maximum absolute atomic E-state index is 13.3. The van der Waals surface area contributed by atoms with E-state index in [9.17, 15) is 9.18 Å². The number of nitrogen functional groups attached to an aromatic ring is 1. The number of hydrogen-bond acceptors (Lipinski definition) is 7. The molecule has 0 spiro atoms. The van der Waals surface area contributed by atoms with E-state index < -0.39 is 11.7 Å². The lowest BCUT2D eigenvalue weighted by atomic mass is 10.2. The molecular weight excluding hydrogens is 357 g/mol. The third kappa shape index (κ3) is 3.01. The Morgan fingerprint density at radius 3 is 2.96 bits per heavy atom. The van der Waals surface area contributed by atoms with Crippen LogP contribution >= 0.6 is 11.5 Å². The number of carbonyl (C=O) groups is 1. The zero-order valence-electron chi connectivity index (χ0n) is 14.2. The number of fused-ring (bicyclic) bond motifs is 1. The molecule has 1 saturated heterocycles. The Morgan fingerprint density at radius 1 is 1.42 bits per heavy atom. The Labute approximate surface area is 153 Å². The maximum atomic E-state index is 13.3. The van der Waals surface area contributed by atoms with Crippen LogP contribution in [-0.2, 0) is 6.54 Å². The second-order valence-electron chi connectivity index (χ2n) is 6.31. The fraction of sp³-hybridized carbons (Fsp3) is 0.375. The first-order valence-electron chi connectivity index (χ1n) is 8.31. The lowest BCUT2D eigenvalue weighted by Gasteiger charge is -2.15. The normalized spacial score (nSPS) is 15.0. The molecule has 8 nitrogen and oxygen atoms in total. The van der Waals surface area contributed by atoms with Crippen molar-refractivity contribution >= 4 is 33.9 Å². The molecule has 3 aromatic heterocycles. The molecule has 136 valence electrons. The van der Waals surface area contributed by atoms with Gasteiger partial charge in [0.05, 0.1) is 18.1 Å². The van der Waals surface area contributed by atoms with Gasteiger partial charge in [-0.1, -0.05) is 0 Å². The van der Waals surface area contributed by atoms with E-state index in [-0.39, 0.29) is 17.0 Å². The molecule has 10 heteroatoms. The van der Waals surface area contributed by atoms with Crippen LogP contribution in [0.4, 0.5) is 15.2 Å². The molecule has 0 aromatic carbocycles. The summed E-state index contributed by atoms with van der Waals surface area (Å²) in [6.07, 6.45) is 4.55. The summed E-state index contributed by atoms with van der Waals surface area (Å²) >= 11 is 1.24. The molecule has 1 aliphatic heterocycles. The first kappa shape index (κ1) is 16.9. The Kier molecular flexibility index (Phi) is 4.29. The van der Waals surface area contributed by atoms with Crippen LogP contribution in [0.15, 0.2) is 12.4 Å². The number of aromatic nitrogens is 4. The van der Waals surface area contributed by atoms with Crippen LogP contribution in [0, 0.1) is 12.7 Å². The lowest BCUT2D eigenvalue weighted by Crippen LogP contribution is -2.20. The van der Waals surface area contributed by atoms with Crippen molar-refractivity contribution in [3.8, 4) is 0 Å². The Balaban J connectivity index is 1.62. The average Bonchev–Trinajstić information content (AvgIpc) is 3.29. The third-order valence-electron chi connectivity index (χ3n) is 4.49. The monoisotopic (exact) mass is 375 g/mol. The molecule has 4 heterocycles. The summed E-state index contributed by atoms with van der Waals surface area (Å²) in [6.45, 7) is 4.80. The van der Waals surface area contributed by atoms with Gasteiger partial charge < -0.3 is 11.1 Å². The van der Waals surface area contributed by atoms with Gasteiger partial charge in [-0.2, -0.15) is 4.37 Å². The van der Waals surface area contributed by atoms with Gasteiger partial charge in [0, 0.05) is 12.1 Å². The van der Waals surface area contributed by atoms with Crippen LogP contribution < -0.4 is 11.1 Å². The van der Waals surface area contributed by atoms with Crippen LogP contribution in [0.5, 0.6) is 0 Å². The van der Waals surface area contributed by atoms with Gasteiger partial charge in [0.25, 0.3) is 5.91 Å². The molecule has 0 unspecified atom stereocenters. The van der Waals surface area contributed by atoms with E-state index in [1.54, 1.807) is 0 Å². The van der Waals surface area contributed by atoms with Crippen molar-refractivity contribution in [3.63, 3.8) is 0 Å². The molecule has 3 N–H and O–H groups in total. The quantitative estimate of drug-likeness (QED) is 0.724. The topological polar surface area (TPSA) is 101 Å². The molecule has 4 rings (SSSR count). The fourth-order valence-corrected chi connectivity index (χ4v) is 3.95. The highest BCUT2D eigenvalue weighted by Crippen LogP contribution is 2.28. The van der Waals surface area contributed by atoms with Gasteiger partial charge in [-0.25, -0.2) is 13.9 Å². The third-order valence-corrected chi connectivity index (χ3v) is 5.38. The molecule has 1 aliphatic rings. The molecule has 0 saturated carbocycles. The van der Waals surface area contributed by atoms with Crippen molar-refractivity contribution in [2.45, 2.75) is 26.3 Å². The number of nitrogens with one attached hydrogen (secondary N) is 1. The lowest BCUT2D eigenvalue weighted by molar-refractivity contribution is 0.102. The Bertz CT molecular complexity index is 977. The predicted molar refractivity (Wildman–Crippen MR) is 96.7 cm³/mol. The van der Waals surface area contributed by atoms with Gasteiger partial charge in [-0.15, -0.1) is 5.10 Å². The second kappa shape index (κ2) is 6.61. The number of amides is 1. The second-order valence-corrected chi connectivity index (χ2v) is 7.09. The highest BCUT2D eigenvalue weighted by molar-refractivity contribution is 7.10. The van der Waals surface area contributed by atoms with E-state index in [0.717, 1.165) is 43.3 Å². The predicted octanol–water partition coefficient (Wildman–Crippen LogP) is 2.06. The minimum Gasteiger partial charge on any atom is -0.381 e. The van der Waals surface area contributed by atoms with Gasteiger partial charge >= 0.3 is 0 Å². The van der Waals surface area contributed by atoms with Gasteiger partial charge in [-0.05, 0) is 44.4 Å². The molecule has 0 atom stereocenters. The maximum Gasteiger partial charge on any atom is 0.264 e. The summed E-state index contributed by atoms with van der Waals surface area (Å²) in [4.78, 5) is 19.1. The van der Waals surface area contributed by atoms with E-state index in [2.05, 4.69) is 24.7 Å². The molecule has 0 aliphatic carbocycles. The van der Waals surface area contributed by atoms with Crippen molar-refractivity contribution < 1.29 is 9.18 Å². The van der Waals surface area contributed by atoms with Crippen molar-refractivity contribution in [2.24, 2.45) is 0 Å². The van der Waals surface area contributed by atoms with Crippen LogP contribution in [0.3, 0.4) is 0 Å². The minimum absolute atomic E-state index is 0.00271. The number of carbonyl (C=O) groups excluding carboxylic acids is 1. The molecule has 3 aromatic rings. The number of nitrogens with two attached hydrogens (primary N) is 1. The number of aryl methyl sites for hydroxylation is 1. The number of nitrogens with zero attached hydrogens (tertiary/aromatic N) is 5. The highest BCUT2D eigenvalue weighted by atomic mass is 32.1. The summed E-state index contributed by atoms with van der Waals surface area (Å²) in [7, 11) is 0. The van der Waals surface area contributed by atoms with Crippen molar-refractivity contribution in [1.29, 1.82) is 0 Å². The number of hydrogen-bond donors (Lipinski definition) is 2. The summed E-state index contributed by atoms with van der Waals surface area (Å²) in [5, 5.41) is 7.53. The number of anilines is 2.